The van der Waals surface area contributed by atoms with Gasteiger partial charge in [0, 0.05) is 16.0 Å². The van der Waals surface area contributed by atoms with Crippen LogP contribution in [0, 0.1) is 11.8 Å². The normalized spacial score (nSPS) is 29.2. The number of hydrogen-bond acceptors (Lipinski definition) is 3. The van der Waals surface area contributed by atoms with Crippen LogP contribution in [-0.2, 0) is 9.84 Å². The molecular weight excluding hydrogens is 356 g/mol. The van der Waals surface area contributed by atoms with Crippen molar-refractivity contribution in [3.05, 3.63) is 29.8 Å². The predicted molar refractivity (Wildman–Crippen MR) is 88.6 cm³/mol. The molecule has 0 radical (unpaired) electrons. The fourth-order valence-electron chi connectivity index (χ4n) is 3.37. The fraction of sp³-hybridized carbons (Fsp3) is 0.600. The monoisotopic (exact) mass is 374 g/mol. The van der Waals surface area contributed by atoms with Crippen molar-refractivity contribution in [1.82, 2.24) is 0 Å². The molecule has 2 aliphatic heterocycles. The molecule has 20 heavy (non-hydrogen) atoms. The number of alkyl halides is 1. The zero-order valence-corrected chi connectivity index (χ0v) is 14.5. The number of fused-ring (bicyclic) bond motifs is 1. The lowest BCUT2D eigenvalue weighted by molar-refractivity contribution is 0.361. The molecule has 2 aliphatic rings. The number of thioether (sulfide) groups is 1. The van der Waals surface area contributed by atoms with Gasteiger partial charge in [0.25, 0.3) is 0 Å². The molecule has 0 amide bonds. The molecule has 0 spiro atoms. The van der Waals surface area contributed by atoms with Gasteiger partial charge in [0.2, 0.25) is 0 Å². The van der Waals surface area contributed by atoms with Crippen LogP contribution in [0.15, 0.2) is 29.2 Å². The Kier molecular flexibility index (Phi) is 4.48. The molecule has 0 N–H and O–H groups in total. The molecule has 3 rings (SSSR count). The summed E-state index contributed by atoms with van der Waals surface area (Å²) < 4.78 is 23.4. The van der Waals surface area contributed by atoms with Crippen molar-refractivity contribution >= 4 is 37.5 Å². The zero-order valence-electron chi connectivity index (χ0n) is 11.3. The molecule has 0 aliphatic carbocycles. The SMILES string of the molecule is O=S1(=O)CCC(C(CBr)CC2CSc3ccccc32)C1. The topological polar surface area (TPSA) is 34.1 Å². The van der Waals surface area contributed by atoms with Gasteiger partial charge in [-0.15, -0.1) is 11.8 Å². The minimum Gasteiger partial charge on any atom is -0.229 e. The van der Waals surface area contributed by atoms with Crippen molar-refractivity contribution in [2.75, 3.05) is 22.6 Å². The van der Waals surface area contributed by atoms with Gasteiger partial charge < -0.3 is 0 Å². The smallest absolute Gasteiger partial charge is 0.150 e. The summed E-state index contributed by atoms with van der Waals surface area (Å²) in [4.78, 5) is 1.41. The van der Waals surface area contributed by atoms with Gasteiger partial charge in [-0.25, -0.2) is 8.42 Å². The average molecular weight is 375 g/mol. The molecule has 0 saturated carbocycles. The number of benzene rings is 1. The summed E-state index contributed by atoms with van der Waals surface area (Å²) in [5.41, 5.74) is 1.46. The maximum absolute atomic E-state index is 11.7. The van der Waals surface area contributed by atoms with Gasteiger partial charge >= 0.3 is 0 Å². The third kappa shape index (κ3) is 3.09. The highest BCUT2D eigenvalue weighted by Gasteiger charge is 2.35. The molecule has 2 heterocycles. The highest BCUT2D eigenvalue weighted by molar-refractivity contribution is 9.09. The standard InChI is InChI=1S/C15H19BrO2S2/c16-8-12(11-5-6-20(17,18)10-11)7-13-9-19-15-4-2-1-3-14(13)15/h1-4,11-13H,5-10H2. The van der Waals surface area contributed by atoms with Crippen molar-refractivity contribution in [2.24, 2.45) is 11.8 Å². The number of hydrogen-bond donors (Lipinski definition) is 0. The summed E-state index contributed by atoms with van der Waals surface area (Å²) in [6.07, 6.45) is 1.95. The minimum absolute atomic E-state index is 0.345. The first-order valence-corrected chi connectivity index (χ1v) is 11.0. The van der Waals surface area contributed by atoms with Crippen LogP contribution < -0.4 is 0 Å². The Balaban J connectivity index is 1.71. The van der Waals surface area contributed by atoms with E-state index in [0.29, 0.717) is 29.3 Å². The van der Waals surface area contributed by atoms with E-state index < -0.39 is 9.84 Å². The average Bonchev–Trinajstić information content (AvgIpc) is 2.99. The molecule has 1 fully saturated rings. The third-order valence-electron chi connectivity index (χ3n) is 4.52. The van der Waals surface area contributed by atoms with Gasteiger partial charge in [0.1, 0.15) is 0 Å². The van der Waals surface area contributed by atoms with E-state index in [4.69, 9.17) is 0 Å². The second kappa shape index (κ2) is 6.01. The lowest BCUT2D eigenvalue weighted by Crippen LogP contribution is -2.20. The van der Waals surface area contributed by atoms with Gasteiger partial charge in [-0.2, -0.15) is 0 Å². The maximum Gasteiger partial charge on any atom is 0.150 e. The largest absolute Gasteiger partial charge is 0.229 e. The second-order valence-electron chi connectivity index (χ2n) is 5.86. The first kappa shape index (κ1) is 14.9. The van der Waals surface area contributed by atoms with Crippen molar-refractivity contribution in [3.8, 4) is 0 Å². The summed E-state index contributed by atoms with van der Waals surface area (Å²) in [5, 5.41) is 0.913. The lowest BCUT2D eigenvalue weighted by atomic mass is 9.83. The van der Waals surface area contributed by atoms with Crippen LogP contribution in [-0.4, -0.2) is 31.0 Å². The van der Waals surface area contributed by atoms with Crippen LogP contribution in [0.2, 0.25) is 0 Å². The summed E-state index contributed by atoms with van der Waals surface area (Å²) in [6.45, 7) is 0. The highest BCUT2D eigenvalue weighted by atomic mass is 79.9. The Hall–Kier alpha value is -0.000000000000000111. The third-order valence-corrected chi connectivity index (χ3v) is 8.40. The van der Waals surface area contributed by atoms with E-state index in [0.717, 1.165) is 23.9 Å². The van der Waals surface area contributed by atoms with Crippen molar-refractivity contribution in [2.45, 2.75) is 23.7 Å². The number of halogens is 1. The van der Waals surface area contributed by atoms with Crippen LogP contribution in [0.1, 0.15) is 24.3 Å². The predicted octanol–water partition coefficient (Wildman–Crippen LogP) is 3.71. The molecule has 3 unspecified atom stereocenters. The van der Waals surface area contributed by atoms with Crippen molar-refractivity contribution in [3.63, 3.8) is 0 Å². The Bertz CT molecular complexity index is 585. The number of sulfone groups is 1. The van der Waals surface area contributed by atoms with E-state index >= 15 is 0 Å². The summed E-state index contributed by atoms with van der Waals surface area (Å²) in [5.74, 6) is 3.33. The Morgan fingerprint density at radius 2 is 2.15 bits per heavy atom. The molecule has 0 aromatic heterocycles. The Morgan fingerprint density at radius 3 is 2.85 bits per heavy atom. The first-order chi connectivity index (χ1) is 9.59. The van der Waals surface area contributed by atoms with Crippen LogP contribution in [0.25, 0.3) is 0 Å². The summed E-state index contributed by atoms with van der Waals surface area (Å²) in [6, 6.07) is 8.64. The Morgan fingerprint density at radius 1 is 1.35 bits per heavy atom. The minimum atomic E-state index is -2.77. The highest BCUT2D eigenvalue weighted by Crippen LogP contribution is 2.44. The van der Waals surface area contributed by atoms with Gasteiger partial charge in [-0.05, 0) is 42.2 Å². The van der Waals surface area contributed by atoms with Crippen molar-refractivity contribution < 1.29 is 8.42 Å². The van der Waals surface area contributed by atoms with E-state index in [1.165, 1.54) is 10.5 Å². The molecule has 2 nitrogen and oxygen atoms in total. The van der Waals surface area contributed by atoms with Gasteiger partial charge in [0.15, 0.2) is 9.84 Å². The van der Waals surface area contributed by atoms with Gasteiger partial charge in [-0.3, -0.25) is 0 Å². The summed E-state index contributed by atoms with van der Waals surface area (Å²) in [7, 11) is -2.77. The molecule has 1 aromatic carbocycles. The molecule has 1 aromatic rings. The molecular formula is C15H19BrO2S2. The molecule has 3 atom stereocenters. The lowest BCUT2D eigenvalue weighted by Gasteiger charge is -2.23. The maximum atomic E-state index is 11.7. The van der Waals surface area contributed by atoms with Crippen LogP contribution in [0.5, 0.6) is 0 Å². The van der Waals surface area contributed by atoms with E-state index in [9.17, 15) is 8.42 Å². The first-order valence-electron chi connectivity index (χ1n) is 7.07. The van der Waals surface area contributed by atoms with Crippen molar-refractivity contribution in [1.29, 1.82) is 0 Å². The van der Waals surface area contributed by atoms with E-state index in [1.807, 2.05) is 11.8 Å². The quantitative estimate of drug-likeness (QED) is 0.753. The second-order valence-corrected chi connectivity index (χ2v) is 9.80. The van der Waals surface area contributed by atoms with Crippen LogP contribution >= 0.6 is 27.7 Å². The molecule has 1 saturated heterocycles. The molecule has 110 valence electrons. The zero-order chi connectivity index (χ0) is 14.2. The molecule has 5 heteroatoms. The number of rotatable bonds is 4. The van der Waals surface area contributed by atoms with E-state index in [2.05, 4.69) is 40.2 Å². The molecule has 0 bridgehead atoms. The van der Waals surface area contributed by atoms with Crippen LogP contribution in [0.3, 0.4) is 0 Å². The Labute approximate surface area is 133 Å². The van der Waals surface area contributed by atoms with Gasteiger partial charge in [-0.1, -0.05) is 34.1 Å². The van der Waals surface area contributed by atoms with E-state index in [-0.39, 0.29) is 0 Å². The van der Waals surface area contributed by atoms with E-state index in [1.54, 1.807) is 0 Å². The summed E-state index contributed by atoms with van der Waals surface area (Å²) >= 11 is 5.55. The van der Waals surface area contributed by atoms with Crippen LogP contribution in [0.4, 0.5) is 0 Å². The van der Waals surface area contributed by atoms with Gasteiger partial charge in [0.05, 0.1) is 11.5 Å². The fourth-order valence-corrected chi connectivity index (χ4v) is 7.35.